The lowest BCUT2D eigenvalue weighted by Gasteiger charge is -2.38. The van der Waals surface area contributed by atoms with Crippen molar-refractivity contribution in [3.63, 3.8) is 0 Å². The summed E-state index contributed by atoms with van der Waals surface area (Å²) in [5, 5.41) is 11.9. The Hall–Kier alpha value is -1.76. The van der Waals surface area contributed by atoms with E-state index in [0.717, 1.165) is 0 Å². The van der Waals surface area contributed by atoms with Crippen molar-refractivity contribution in [1.82, 2.24) is 4.90 Å². The van der Waals surface area contributed by atoms with Gasteiger partial charge in [0.1, 0.15) is 13.2 Å². The summed E-state index contributed by atoms with van der Waals surface area (Å²) < 4.78 is 20.2. The number of hydrogen-bond acceptors (Lipinski definition) is 8. The number of aliphatic hydroxyl groups excluding tert-OH is 1. The first-order valence-corrected chi connectivity index (χ1v) is 16.3. The van der Waals surface area contributed by atoms with E-state index in [9.17, 15) is 19.5 Å². The molecule has 2 N–H and O–H groups in total. The van der Waals surface area contributed by atoms with Crippen LogP contribution in [-0.4, -0.2) is 86.5 Å². The highest BCUT2D eigenvalue weighted by Crippen LogP contribution is 2.39. The van der Waals surface area contributed by atoms with Gasteiger partial charge in [-0.3, -0.25) is 14.9 Å². The van der Waals surface area contributed by atoms with Crippen LogP contribution in [0.1, 0.15) is 37.6 Å². The highest BCUT2D eigenvalue weighted by molar-refractivity contribution is 6.74. The number of nitrogens with zero attached hydrogens (tertiary/aromatic N) is 1. The van der Waals surface area contributed by atoms with E-state index in [4.69, 9.17) is 53.4 Å². The Kier molecular flexibility index (Phi) is 11.4. The molecule has 2 atom stereocenters. The summed E-state index contributed by atoms with van der Waals surface area (Å²) in [6, 6.07) is 2.40. The third-order valence-corrected chi connectivity index (χ3v) is 11.9. The van der Waals surface area contributed by atoms with E-state index in [-0.39, 0.29) is 46.7 Å². The topological polar surface area (TPSA) is 124 Å². The van der Waals surface area contributed by atoms with Crippen molar-refractivity contribution in [2.75, 3.05) is 45.9 Å². The van der Waals surface area contributed by atoms with Crippen molar-refractivity contribution < 1.29 is 38.1 Å². The molecule has 1 aromatic rings. The molecule has 39 heavy (non-hydrogen) atoms. The zero-order chi connectivity index (χ0) is 29.8. The van der Waals surface area contributed by atoms with Crippen molar-refractivity contribution in [3.05, 3.63) is 17.7 Å². The van der Waals surface area contributed by atoms with Gasteiger partial charge in [-0.05, 0) is 30.6 Å². The van der Waals surface area contributed by atoms with Gasteiger partial charge in [-0.25, -0.2) is 4.79 Å². The van der Waals surface area contributed by atoms with Crippen molar-refractivity contribution >= 4 is 66.6 Å². The fourth-order valence-corrected chi connectivity index (χ4v) is 5.02. The standard InChI is InChI=1S/C25H37Cl3N2O8Si/c1-24(2,3)39(6,7)38-13-16-8-15(19(32)12-31)11-30(16)22(33)17-9-20(35-4)21(36-5)10-18(17)29-23(34)37-14-25(26,27)28/h9-10,15-16,31H,8,11-14H2,1-7H3,(H,29,34)/t15-,16+/m1/s1. The highest BCUT2D eigenvalue weighted by Gasteiger charge is 2.43. The molecule has 0 radical (unpaired) electrons. The number of ether oxygens (including phenoxy) is 3. The number of methoxy groups -OCH3 is 2. The minimum atomic E-state index is -2.17. The van der Waals surface area contributed by atoms with Crippen molar-refractivity contribution in [2.24, 2.45) is 5.92 Å². The third-order valence-electron chi connectivity index (χ3n) is 7.09. The minimum absolute atomic E-state index is 0.0613. The number of nitrogens with one attached hydrogen (secondary N) is 1. The Labute approximate surface area is 245 Å². The molecule has 1 aliphatic rings. The van der Waals surface area contributed by atoms with E-state index < -0.39 is 49.3 Å². The lowest BCUT2D eigenvalue weighted by atomic mass is 10.0. The Balaban J connectivity index is 2.45. The van der Waals surface area contributed by atoms with E-state index in [0.29, 0.717) is 6.42 Å². The largest absolute Gasteiger partial charge is 0.493 e. The number of aliphatic hydroxyl groups is 1. The van der Waals surface area contributed by atoms with Crippen molar-refractivity contribution in [3.8, 4) is 11.5 Å². The zero-order valence-corrected chi connectivity index (χ0v) is 26.5. The summed E-state index contributed by atoms with van der Waals surface area (Å²) in [6.07, 6.45) is -0.628. The maximum atomic E-state index is 14.0. The van der Waals surface area contributed by atoms with E-state index in [1.54, 1.807) is 0 Å². The number of likely N-dealkylation sites (tertiary alicyclic amines) is 1. The van der Waals surface area contributed by atoms with Crippen LogP contribution in [0.5, 0.6) is 11.5 Å². The fraction of sp³-hybridized carbons (Fsp3) is 0.640. The Bertz CT molecular complexity index is 1060. The van der Waals surface area contributed by atoms with E-state index in [1.807, 2.05) is 0 Å². The number of anilines is 1. The molecule has 14 heteroatoms. The molecule has 2 rings (SSSR count). The molecule has 0 bridgehead atoms. The first-order chi connectivity index (χ1) is 17.9. The number of hydrogen-bond donors (Lipinski definition) is 2. The van der Waals surface area contributed by atoms with Gasteiger partial charge < -0.3 is 28.6 Å². The Morgan fingerprint density at radius 3 is 2.21 bits per heavy atom. The van der Waals surface area contributed by atoms with Gasteiger partial charge in [0.25, 0.3) is 5.91 Å². The van der Waals surface area contributed by atoms with Gasteiger partial charge in [0.2, 0.25) is 3.79 Å². The number of carbonyl (C=O) groups excluding carboxylic acids is 3. The maximum Gasteiger partial charge on any atom is 0.411 e. The van der Waals surface area contributed by atoms with Gasteiger partial charge in [-0.15, -0.1) is 0 Å². The third kappa shape index (κ3) is 8.86. The van der Waals surface area contributed by atoms with Crippen LogP contribution in [0.2, 0.25) is 18.1 Å². The summed E-state index contributed by atoms with van der Waals surface area (Å²) in [5.41, 5.74) is 0.126. The predicted molar refractivity (Wildman–Crippen MR) is 153 cm³/mol. The van der Waals surface area contributed by atoms with Crippen LogP contribution in [0, 0.1) is 5.92 Å². The fourth-order valence-electron chi connectivity index (χ4n) is 3.81. The number of benzene rings is 1. The average molecular weight is 628 g/mol. The van der Waals surface area contributed by atoms with Crippen molar-refractivity contribution in [2.45, 2.75) is 55.2 Å². The molecule has 1 aliphatic heterocycles. The van der Waals surface area contributed by atoms with Crippen LogP contribution in [0.4, 0.5) is 10.5 Å². The number of Topliss-reactive ketones (excluding diaryl/α,β-unsaturated/α-hetero) is 1. The van der Waals surface area contributed by atoms with Gasteiger partial charge in [-0.2, -0.15) is 0 Å². The van der Waals surface area contributed by atoms with E-state index in [2.05, 4.69) is 39.2 Å². The van der Waals surface area contributed by atoms with Gasteiger partial charge in [0.05, 0.1) is 38.1 Å². The number of carbonyl (C=O) groups is 3. The first kappa shape index (κ1) is 33.4. The SMILES string of the molecule is COc1cc(NC(=O)OCC(Cl)(Cl)Cl)c(C(=O)N2C[C@H](C(=O)CO)C[C@H]2CO[Si](C)(C)C(C)(C)C)cc1OC. The molecule has 1 fully saturated rings. The number of ketones is 1. The quantitative estimate of drug-likeness (QED) is 0.273. The molecular weight excluding hydrogens is 591 g/mol. The molecule has 1 heterocycles. The molecule has 1 aromatic carbocycles. The lowest BCUT2D eigenvalue weighted by Crippen LogP contribution is -2.46. The first-order valence-electron chi connectivity index (χ1n) is 12.3. The summed E-state index contributed by atoms with van der Waals surface area (Å²) in [7, 11) is 0.647. The second-order valence-corrected chi connectivity index (χ2v) is 18.1. The maximum absolute atomic E-state index is 14.0. The van der Waals surface area contributed by atoms with Gasteiger partial charge in [-0.1, -0.05) is 55.6 Å². The molecule has 0 spiro atoms. The predicted octanol–water partition coefficient (Wildman–Crippen LogP) is 5.04. The lowest BCUT2D eigenvalue weighted by molar-refractivity contribution is -0.125. The van der Waals surface area contributed by atoms with Crippen LogP contribution in [0.15, 0.2) is 12.1 Å². The Morgan fingerprint density at radius 2 is 1.69 bits per heavy atom. The second-order valence-electron chi connectivity index (χ2n) is 10.8. The molecular formula is C25H37Cl3N2O8Si. The molecule has 0 saturated carbocycles. The van der Waals surface area contributed by atoms with E-state index >= 15 is 0 Å². The number of alkyl halides is 3. The molecule has 10 nitrogen and oxygen atoms in total. The molecule has 220 valence electrons. The number of halogens is 3. The van der Waals surface area contributed by atoms with Crippen LogP contribution in [0.3, 0.4) is 0 Å². The van der Waals surface area contributed by atoms with Crippen molar-refractivity contribution in [1.29, 1.82) is 0 Å². The minimum Gasteiger partial charge on any atom is -0.493 e. The van der Waals surface area contributed by atoms with E-state index in [1.165, 1.54) is 31.3 Å². The summed E-state index contributed by atoms with van der Waals surface area (Å²) in [5.74, 6) is -0.901. The summed E-state index contributed by atoms with van der Waals surface area (Å²) in [6.45, 7) is 9.68. The van der Waals surface area contributed by atoms with Crippen LogP contribution in [-0.2, 0) is 14.0 Å². The molecule has 2 amide bonds. The average Bonchev–Trinajstić information content (AvgIpc) is 3.28. The highest BCUT2D eigenvalue weighted by atomic mass is 35.6. The number of rotatable bonds is 10. The van der Waals surface area contributed by atoms with Gasteiger partial charge in [0, 0.05) is 18.5 Å². The van der Waals surface area contributed by atoms with Crippen LogP contribution >= 0.6 is 34.8 Å². The molecule has 0 aliphatic carbocycles. The van der Waals surface area contributed by atoms with Gasteiger partial charge >= 0.3 is 6.09 Å². The number of amides is 2. The molecule has 0 aromatic heterocycles. The van der Waals surface area contributed by atoms with Crippen LogP contribution in [0.25, 0.3) is 0 Å². The van der Waals surface area contributed by atoms with Crippen LogP contribution < -0.4 is 14.8 Å². The molecule has 0 unspecified atom stereocenters. The monoisotopic (exact) mass is 626 g/mol. The zero-order valence-electron chi connectivity index (χ0n) is 23.2. The summed E-state index contributed by atoms with van der Waals surface area (Å²) in [4.78, 5) is 40.4. The summed E-state index contributed by atoms with van der Waals surface area (Å²) >= 11 is 17.0. The second kappa shape index (κ2) is 13.3. The smallest absolute Gasteiger partial charge is 0.411 e. The Morgan fingerprint density at radius 1 is 1.10 bits per heavy atom. The van der Waals surface area contributed by atoms with Gasteiger partial charge in [0.15, 0.2) is 25.6 Å². The molecule has 1 saturated heterocycles. The normalized spacial score (nSPS) is 18.1.